The number of piperidine rings is 1. The van der Waals surface area contributed by atoms with E-state index in [2.05, 4.69) is 15.3 Å². The fraction of sp³-hybridized carbons (Fsp3) is 0.600. The molecule has 1 aliphatic rings. The van der Waals surface area contributed by atoms with Crippen molar-refractivity contribution in [2.45, 2.75) is 17.9 Å². The summed E-state index contributed by atoms with van der Waals surface area (Å²) in [7, 11) is -3.35. The quantitative estimate of drug-likeness (QED) is 0.853. The molecule has 0 aliphatic carbocycles. The van der Waals surface area contributed by atoms with E-state index in [1.165, 1.54) is 12.4 Å². The molecule has 1 aromatic heterocycles. The minimum absolute atomic E-state index is 0. The lowest BCUT2D eigenvalue weighted by Crippen LogP contribution is -2.31. The van der Waals surface area contributed by atoms with Gasteiger partial charge in [0, 0.05) is 6.07 Å². The molecule has 1 N–H and O–H groups in total. The maximum absolute atomic E-state index is 12.1. The fourth-order valence-electron chi connectivity index (χ4n) is 1.93. The Hall–Kier alpha value is -0.430. The van der Waals surface area contributed by atoms with Crippen LogP contribution in [0.15, 0.2) is 17.4 Å². The normalized spacial score (nSPS) is 17.2. The highest BCUT2D eigenvalue weighted by Crippen LogP contribution is 2.19. The van der Waals surface area contributed by atoms with E-state index in [1.54, 1.807) is 0 Å². The zero-order valence-electron chi connectivity index (χ0n) is 9.67. The molecule has 1 aliphatic heterocycles. The van der Waals surface area contributed by atoms with Gasteiger partial charge in [0.05, 0.1) is 5.75 Å². The number of hydrogen-bond donors (Lipinski definition) is 1. The van der Waals surface area contributed by atoms with Crippen LogP contribution in [0, 0.1) is 5.92 Å². The number of sulfone groups is 1. The summed E-state index contributed by atoms with van der Waals surface area (Å²) in [5, 5.41) is 3.39. The summed E-state index contributed by atoms with van der Waals surface area (Å²) in [5.41, 5.74) is 0. The van der Waals surface area contributed by atoms with E-state index in [-0.39, 0.29) is 34.3 Å². The second-order valence-electron chi connectivity index (χ2n) is 4.15. The van der Waals surface area contributed by atoms with Crippen LogP contribution >= 0.6 is 24.0 Å². The molecule has 0 radical (unpaired) electrons. The van der Waals surface area contributed by atoms with Crippen LogP contribution in [0.3, 0.4) is 0 Å². The second-order valence-corrected chi connectivity index (χ2v) is 6.52. The van der Waals surface area contributed by atoms with Crippen LogP contribution in [0.5, 0.6) is 0 Å². The van der Waals surface area contributed by atoms with E-state index < -0.39 is 9.84 Å². The van der Waals surface area contributed by atoms with E-state index in [4.69, 9.17) is 11.6 Å². The van der Waals surface area contributed by atoms with Crippen molar-refractivity contribution in [1.82, 2.24) is 15.3 Å². The number of nitrogens with zero attached hydrogens (tertiary/aromatic N) is 2. The van der Waals surface area contributed by atoms with Gasteiger partial charge in [0.15, 0.2) is 14.9 Å². The molecule has 1 saturated heterocycles. The molecule has 102 valence electrons. The lowest BCUT2D eigenvalue weighted by atomic mass is 10.0. The Balaban J connectivity index is 0.00000162. The van der Waals surface area contributed by atoms with E-state index in [0.717, 1.165) is 25.9 Å². The molecule has 0 spiro atoms. The van der Waals surface area contributed by atoms with Gasteiger partial charge in [0.1, 0.15) is 11.5 Å². The van der Waals surface area contributed by atoms with Gasteiger partial charge in [0.25, 0.3) is 0 Å². The summed E-state index contributed by atoms with van der Waals surface area (Å²) < 4.78 is 24.2. The van der Waals surface area contributed by atoms with Gasteiger partial charge in [-0.05, 0) is 31.8 Å². The van der Waals surface area contributed by atoms with Crippen molar-refractivity contribution in [2.24, 2.45) is 5.92 Å². The number of nitrogens with one attached hydrogen (secondary N) is 1. The summed E-state index contributed by atoms with van der Waals surface area (Å²) in [4.78, 5) is 7.46. The van der Waals surface area contributed by atoms with E-state index in [9.17, 15) is 8.42 Å². The topological polar surface area (TPSA) is 72.0 Å². The van der Waals surface area contributed by atoms with Gasteiger partial charge >= 0.3 is 0 Å². The van der Waals surface area contributed by atoms with Crippen molar-refractivity contribution in [3.05, 3.63) is 17.5 Å². The van der Waals surface area contributed by atoms with Gasteiger partial charge in [-0.3, -0.25) is 0 Å². The molecule has 2 rings (SSSR count). The fourth-order valence-corrected chi connectivity index (χ4v) is 3.77. The SMILES string of the molecule is Cl.O=S(=O)(CC1CCNCC1)c1cc(Cl)ncn1. The minimum Gasteiger partial charge on any atom is -0.317 e. The Bertz CT molecular complexity index is 490. The van der Waals surface area contributed by atoms with Gasteiger partial charge in [-0.15, -0.1) is 12.4 Å². The van der Waals surface area contributed by atoms with E-state index in [0.29, 0.717) is 0 Å². The van der Waals surface area contributed by atoms with Crippen LogP contribution in [0.4, 0.5) is 0 Å². The third kappa shape index (κ3) is 4.05. The smallest absolute Gasteiger partial charge is 0.196 e. The first-order chi connectivity index (χ1) is 8.08. The van der Waals surface area contributed by atoms with Crippen molar-refractivity contribution in [1.29, 1.82) is 0 Å². The number of rotatable bonds is 3. The predicted octanol–water partition coefficient (Wildman–Crippen LogP) is 1.33. The molecule has 1 fully saturated rings. The van der Waals surface area contributed by atoms with Crippen LogP contribution in [-0.2, 0) is 9.84 Å². The van der Waals surface area contributed by atoms with Gasteiger partial charge in [-0.2, -0.15) is 0 Å². The van der Waals surface area contributed by atoms with Crippen LogP contribution in [0.1, 0.15) is 12.8 Å². The summed E-state index contributed by atoms with van der Waals surface area (Å²) in [6.07, 6.45) is 2.95. The van der Waals surface area contributed by atoms with E-state index >= 15 is 0 Å². The van der Waals surface area contributed by atoms with Gasteiger partial charge in [-0.1, -0.05) is 11.6 Å². The Morgan fingerprint density at radius 1 is 1.33 bits per heavy atom. The monoisotopic (exact) mass is 311 g/mol. The zero-order valence-corrected chi connectivity index (χ0v) is 12.1. The van der Waals surface area contributed by atoms with Crippen molar-refractivity contribution < 1.29 is 8.42 Å². The average molecular weight is 312 g/mol. The summed E-state index contributed by atoms with van der Waals surface area (Å²) in [6, 6.07) is 1.30. The number of halogens is 2. The third-order valence-electron chi connectivity index (χ3n) is 2.84. The summed E-state index contributed by atoms with van der Waals surface area (Å²) >= 11 is 5.67. The molecule has 5 nitrogen and oxygen atoms in total. The maximum atomic E-state index is 12.1. The maximum Gasteiger partial charge on any atom is 0.196 e. The highest BCUT2D eigenvalue weighted by molar-refractivity contribution is 7.91. The van der Waals surface area contributed by atoms with Crippen molar-refractivity contribution in [2.75, 3.05) is 18.8 Å². The van der Waals surface area contributed by atoms with Crippen LogP contribution < -0.4 is 5.32 Å². The van der Waals surface area contributed by atoms with Gasteiger partial charge in [-0.25, -0.2) is 18.4 Å². The lowest BCUT2D eigenvalue weighted by Gasteiger charge is -2.21. The Morgan fingerprint density at radius 3 is 2.61 bits per heavy atom. The first-order valence-corrected chi connectivity index (χ1v) is 7.52. The summed E-state index contributed by atoms with van der Waals surface area (Å²) in [5.74, 6) is 0.345. The van der Waals surface area contributed by atoms with Crippen molar-refractivity contribution in [3.63, 3.8) is 0 Å². The molecule has 0 bridgehead atoms. The van der Waals surface area contributed by atoms with Crippen LogP contribution in [0.25, 0.3) is 0 Å². The average Bonchev–Trinajstić information content (AvgIpc) is 2.30. The van der Waals surface area contributed by atoms with Crippen molar-refractivity contribution >= 4 is 33.8 Å². The Morgan fingerprint density at radius 2 is 2.00 bits per heavy atom. The standard InChI is InChI=1S/C10H14ClN3O2S.ClH/c11-9-5-10(14-7-13-9)17(15,16)6-8-1-3-12-4-2-8;/h5,7-8,12H,1-4,6H2;1H. The highest BCUT2D eigenvalue weighted by Gasteiger charge is 2.24. The zero-order chi connectivity index (χ0) is 12.3. The molecule has 0 atom stereocenters. The largest absolute Gasteiger partial charge is 0.317 e. The first kappa shape index (κ1) is 15.6. The van der Waals surface area contributed by atoms with Gasteiger partial charge in [0.2, 0.25) is 0 Å². The van der Waals surface area contributed by atoms with Crippen LogP contribution in [-0.4, -0.2) is 37.2 Å². The Labute approximate surface area is 118 Å². The predicted molar refractivity (Wildman–Crippen MR) is 71.9 cm³/mol. The number of hydrogen-bond acceptors (Lipinski definition) is 5. The molecule has 0 unspecified atom stereocenters. The molecule has 8 heteroatoms. The summed E-state index contributed by atoms with van der Waals surface area (Å²) in [6.45, 7) is 1.76. The minimum atomic E-state index is -3.35. The molecule has 2 heterocycles. The number of aromatic nitrogens is 2. The molecule has 0 saturated carbocycles. The molecular formula is C10H15Cl2N3O2S. The van der Waals surface area contributed by atoms with Gasteiger partial charge < -0.3 is 5.32 Å². The molecule has 18 heavy (non-hydrogen) atoms. The molecule has 0 amide bonds. The first-order valence-electron chi connectivity index (χ1n) is 5.49. The molecule has 1 aromatic rings. The molecular weight excluding hydrogens is 297 g/mol. The van der Waals surface area contributed by atoms with Crippen LogP contribution in [0.2, 0.25) is 5.15 Å². The van der Waals surface area contributed by atoms with Crippen molar-refractivity contribution in [3.8, 4) is 0 Å². The van der Waals surface area contributed by atoms with E-state index in [1.807, 2.05) is 0 Å². The molecule has 0 aromatic carbocycles. The Kier molecular flexibility index (Phi) is 5.78. The lowest BCUT2D eigenvalue weighted by molar-refractivity contribution is 0.401. The highest BCUT2D eigenvalue weighted by atomic mass is 35.5. The second kappa shape index (κ2) is 6.65. The third-order valence-corrected chi connectivity index (χ3v) is 4.82.